The van der Waals surface area contributed by atoms with Crippen molar-refractivity contribution >= 4 is 29.1 Å². The van der Waals surface area contributed by atoms with Gasteiger partial charge in [0.25, 0.3) is 11.8 Å². The van der Waals surface area contributed by atoms with Gasteiger partial charge in [0.05, 0.1) is 18.0 Å². The number of likely N-dealkylation sites (N-methyl/N-ethyl adjacent to an activating group) is 1. The highest BCUT2D eigenvalue weighted by Gasteiger charge is 2.35. The van der Waals surface area contributed by atoms with E-state index in [0.29, 0.717) is 28.7 Å². The van der Waals surface area contributed by atoms with Gasteiger partial charge < -0.3 is 18.8 Å². The van der Waals surface area contributed by atoms with Gasteiger partial charge in [-0.25, -0.2) is 5.01 Å². The summed E-state index contributed by atoms with van der Waals surface area (Å²) >= 11 is 6.40. The molecule has 0 saturated carbocycles. The molecule has 3 heterocycles. The predicted molar refractivity (Wildman–Crippen MR) is 120 cm³/mol. The molecule has 0 unspecified atom stereocenters. The molecule has 1 aromatic heterocycles. The normalized spacial score (nSPS) is 16.6. The fraction of sp³-hybridized carbons (Fsp3) is 0.208. The molecule has 9 heteroatoms. The molecule has 2 aliphatic heterocycles. The second-order valence-electron chi connectivity index (χ2n) is 7.74. The van der Waals surface area contributed by atoms with Crippen molar-refractivity contribution in [3.63, 3.8) is 0 Å². The van der Waals surface area contributed by atoms with Gasteiger partial charge in [-0.2, -0.15) is 5.10 Å². The summed E-state index contributed by atoms with van der Waals surface area (Å²) in [6.07, 6.45) is 1.88. The number of halogens is 1. The summed E-state index contributed by atoms with van der Waals surface area (Å²) in [4.78, 5) is 27.2. The van der Waals surface area contributed by atoms with Gasteiger partial charge in [0.2, 0.25) is 6.79 Å². The number of hydrogen-bond acceptors (Lipinski definition) is 6. The quantitative estimate of drug-likeness (QED) is 0.566. The maximum absolute atomic E-state index is 13.3. The molecule has 1 atom stereocenters. The maximum atomic E-state index is 13.3. The van der Waals surface area contributed by atoms with E-state index in [1.165, 1.54) is 16.2 Å². The molecule has 0 bridgehead atoms. The summed E-state index contributed by atoms with van der Waals surface area (Å²) in [6, 6.07) is 15.7. The van der Waals surface area contributed by atoms with E-state index in [1.807, 2.05) is 36.4 Å². The molecule has 0 spiro atoms. The average molecular weight is 466 g/mol. The Balaban J connectivity index is 1.44. The number of furan rings is 1. The molecule has 5 rings (SSSR count). The third-order valence-corrected chi connectivity index (χ3v) is 5.91. The van der Waals surface area contributed by atoms with E-state index in [-0.39, 0.29) is 37.0 Å². The first-order valence-electron chi connectivity index (χ1n) is 10.3. The van der Waals surface area contributed by atoms with E-state index < -0.39 is 0 Å². The topological polar surface area (TPSA) is 84.6 Å². The second-order valence-corrected chi connectivity index (χ2v) is 8.14. The Morgan fingerprint density at radius 3 is 2.73 bits per heavy atom. The number of carbonyl (C=O) groups excluding carboxylic acids is 2. The predicted octanol–water partition coefficient (Wildman–Crippen LogP) is 4.11. The number of nitrogens with zero attached hydrogens (tertiary/aromatic N) is 3. The lowest BCUT2D eigenvalue weighted by Crippen LogP contribution is -2.39. The van der Waals surface area contributed by atoms with Crippen molar-refractivity contribution in [1.29, 1.82) is 0 Å². The standard InChI is InChI=1S/C24H20ClN3O5/c1-27(24(30)21-7-4-10-31-21)13-23(29)28-19(15-8-9-20-22(11-15)33-14-32-20)12-18(26-28)16-5-2-3-6-17(16)25/h2-11,19H,12-14H2,1H3/t19-/m0/s1. The van der Waals surface area contributed by atoms with Gasteiger partial charge in [-0.05, 0) is 35.9 Å². The summed E-state index contributed by atoms with van der Waals surface area (Å²) in [5, 5.41) is 6.60. The number of amides is 2. The van der Waals surface area contributed by atoms with Gasteiger partial charge in [-0.3, -0.25) is 9.59 Å². The minimum atomic E-state index is -0.387. The number of hydrogen-bond donors (Lipinski definition) is 0. The monoisotopic (exact) mass is 465 g/mol. The van der Waals surface area contributed by atoms with Crippen molar-refractivity contribution in [3.8, 4) is 11.5 Å². The van der Waals surface area contributed by atoms with Crippen LogP contribution in [0.2, 0.25) is 5.02 Å². The number of carbonyl (C=O) groups is 2. The van der Waals surface area contributed by atoms with Crippen LogP contribution in [0.5, 0.6) is 11.5 Å². The van der Waals surface area contributed by atoms with Crippen LogP contribution in [0.25, 0.3) is 0 Å². The first-order chi connectivity index (χ1) is 16.0. The lowest BCUT2D eigenvalue weighted by molar-refractivity contribution is -0.133. The molecule has 0 aliphatic carbocycles. The van der Waals surface area contributed by atoms with Crippen LogP contribution in [0.3, 0.4) is 0 Å². The number of ether oxygens (including phenoxy) is 2. The Bertz CT molecular complexity index is 1240. The Kier molecular flexibility index (Phi) is 5.51. The van der Waals surface area contributed by atoms with Crippen LogP contribution in [0.1, 0.15) is 34.1 Å². The SMILES string of the molecule is CN(CC(=O)N1N=C(c2ccccc2Cl)C[C@H]1c1ccc2c(c1)OCO2)C(=O)c1ccco1. The van der Waals surface area contributed by atoms with E-state index >= 15 is 0 Å². The molecule has 3 aromatic rings. The number of rotatable bonds is 5. The molecule has 0 saturated heterocycles. The fourth-order valence-corrected chi connectivity index (χ4v) is 4.16. The summed E-state index contributed by atoms with van der Waals surface area (Å²) in [6.45, 7) is -0.00690. The van der Waals surface area contributed by atoms with Crippen molar-refractivity contribution in [2.24, 2.45) is 5.10 Å². The molecule has 2 aliphatic rings. The van der Waals surface area contributed by atoms with E-state index in [2.05, 4.69) is 5.10 Å². The Morgan fingerprint density at radius 1 is 1.12 bits per heavy atom. The highest BCUT2D eigenvalue weighted by Crippen LogP contribution is 2.39. The zero-order chi connectivity index (χ0) is 22.9. The number of fused-ring (bicyclic) bond motifs is 1. The Hall–Kier alpha value is -3.78. The first kappa shape index (κ1) is 21.1. The van der Waals surface area contributed by atoms with E-state index in [4.69, 9.17) is 25.5 Å². The average Bonchev–Trinajstić information content (AvgIpc) is 3.58. The third-order valence-electron chi connectivity index (χ3n) is 5.58. The molecule has 0 radical (unpaired) electrons. The maximum Gasteiger partial charge on any atom is 0.289 e. The summed E-state index contributed by atoms with van der Waals surface area (Å²) < 4.78 is 16.1. The van der Waals surface area contributed by atoms with Crippen molar-refractivity contribution in [1.82, 2.24) is 9.91 Å². The van der Waals surface area contributed by atoms with Crippen LogP contribution >= 0.6 is 11.6 Å². The van der Waals surface area contributed by atoms with Crippen LogP contribution in [-0.2, 0) is 4.79 Å². The Labute approximate surface area is 194 Å². The van der Waals surface area contributed by atoms with Crippen molar-refractivity contribution in [2.45, 2.75) is 12.5 Å². The van der Waals surface area contributed by atoms with Crippen molar-refractivity contribution < 1.29 is 23.5 Å². The molecule has 8 nitrogen and oxygen atoms in total. The zero-order valence-corrected chi connectivity index (χ0v) is 18.5. The Morgan fingerprint density at radius 2 is 1.94 bits per heavy atom. The van der Waals surface area contributed by atoms with Crippen LogP contribution in [-0.4, -0.2) is 47.8 Å². The fourth-order valence-electron chi connectivity index (χ4n) is 3.91. The van der Waals surface area contributed by atoms with Gasteiger partial charge in [0.15, 0.2) is 17.3 Å². The van der Waals surface area contributed by atoms with Crippen molar-refractivity contribution in [3.05, 3.63) is 82.8 Å². The lowest BCUT2D eigenvalue weighted by atomic mass is 9.98. The highest BCUT2D eigenvalue weighted by atomic mass is 35.5. The lowest BCUT2D eigenvalue weighted by Gasteiger charge is -2.24. The minimum Gasteiger partial charge on any atom is -0.459 e. The zero-order valence-electron chi connectivity index (χ0n) is 17.7. The highest BCUT2D eigenvalue weighted by molar-refractivity contribution is 6.34. The second kappa shape index (κ2) is 8.63. The van der Waals surface area contributed by atoms with Gasteiger partial charge in [0, 0.05) is 24.1 Å². The molecular formula is C24H20ClN3O5. The molecular weight excluding hydrogens is 446 g/mol. The number of benzene rings is 2. The summed E-state index contributed by atoms with van der Waals surface area (Å²) in [5.41, 5.74) is 2.30. The minimum absolute atomic E-state index is 0.160. The summed E-state index contributed by atoms with van der Waals surface area (Å²) in [7, 11) is 1.55. The first-order valence-corrected chi connectivity index (χ1v) is 10.7. The third kappa shape index (κ3) is 4.05. The van der Waals surface area contributed by atoms with Gasteiger partial charge >= 0.3 is 0 Å². The van der Waals surface area contributed by atoms with E-state index in [1.54, 1.807) is 25.2 Å². The largest absolute Gasteiger partial charge is 0.459 e. The van der Waals surface area contributed by atoms with Crippen molar-refractivity contribution in [2.75, 3.05) is 20.4 Å². The molecule has 0 N–H and O–H groups in total. The molecule has 2 aromatic carbocycles. The summed E-state index contributed by atoms with van der Waals surface area (Å²) in [5.74, 6) is 0.728. The molecule has 33 heavy (non-hydrogen) atoms. The van der Waals surface area contributed by atoms with Crippen LogP contribution < -0.4 is 9.47 Å². The van der Waals surface area contributed by atoms with Crippen LogP contribution in [0.4, 0.5) is 0 Å². The van der Waals surface area contributed by atoms with Gasteiger partial charge in [-0.1, -0.05) is 35.9 Å². The van der Waals surface area contributed by atoms with Gasteiger partial charge in [0.1, 0.15) is 6.54 Å². The molecule has 168 valence electrons. The van der Waals surface area contributed by atoms with E-state index in [0.717, 1.165) is 11.1 Å². The van der Waals surface area contributed by atoms with Gasteiger partial charge in [-0.15, -0.1) is 0 Å². The smallest absolute Gasteiger partial charge is 0.289 e. The molecule has 0 fully saturated rings. The molecule has 2 amide bonds. The van der Waals surface area contributed by atoms with Crippen LogP contribution in [0.15, 0.2) is 70.4 Å². The van der Waals surface area contributed by atoms with E-state index in [9.17, 15) is 9.59 Å². The number of hydrazone groups is 1. The van der Waals surface area contributed by atoms with Crippen LogP contribution in [0, 0.1) is 0 Å².